The van der Waals surface area contributed by atoms with Crippen LogP contribution in [-0.2, 0) is 36.8 Å². The molecule has 1 aromatic carbocycles. The normalized spacial score (nSPS) is 20.7. The van der Waals surface area contributed by atoms with Crippen LogP contribution in [-0.4, -0.2) is 101 Å². The Balaban J connectivity index is 1.38. The van der Waals surface area contributed by atoms with Crippen molar-refractivity contribution in [3.8, 4) is 5.75 Å². The molecule has 0 saturated carbocycles. The molecule has 0 aliphatic carbocycles. The summed E-state index contributed by atoms with van der Waals surface area (Å²) in [4.78, 5) is 68.0. The number of hydrogen-bond acceptors (Lipinski definition) is 11. The van der Waals surface area contributed by atoms with E-state index in [1.165, 1.54) is 21.3 Å². The molecule has 46 heavy (non-hydrogen) atoms. The summed E-state index contributed by atoms with van der Waals surface area (Å²) in [5.74, 6) is -5.35. The number of amides is 2. The summed E-state index contributed by atoms with van der Waals surface area (Å²) in [6.07, 6.45) is -1.10. The second-order valence-electron chi connectivity index (χ2n) is 10.8. The van der Waals surface area contributed by atoms with Gasteiger partial charge in [-0.25, -0.2) is 18.4 Å². The van der Waals surface area contributed by atoms with Crippen LogP contribution in [0.1, 0.15) is 46.7 Å². The molecule has 2 N–H and O–H groups in total. The van der Waals surface area contributed by atoms with E-state index in [4.69, 9.17) is 23.7 Å². The van der Waals surface area contributed by atoms with Gasteiger partial charge in [0.05, 0.1) is 32.4 Å². The fourth-order valence-electron chi connectivity index (χ4n) is 5.61. The zero-order chi connectivity index (χ0) is 33.2. The van der Waals surface area contributed by atoms with Gasteiger partial charge in [-0.3, -0.25) is 19.3 Å². The third kappa shape index (κ3) is 6.25. The third-order valence-electron chi connectivity index (χ3n) is 8.01. The van der Waals surface area contributed by atoms with Crippen LogP contribution in [0.4, 0.5) is 13.6 Å². The molecular formula is C29H32F2N4O11. The lowest BCUT2D eigenvalue weighted by molar-refractivity contribution is -0.198. The van der Waals surface area contributed by atoms with Gasteiger partial charge in [0, 0.05) is 43.9 Å². The molecule has 4 heterocycles. The van der Waals surface area contributed by atoms with Gasteiger partial charge in [-0.2, -0.15) is 0 Å². The van der Waals surface area contributed by atoms with Gasteiger partial charge in [0.1, 0.15) is 17.2 Å². The summed E-state index contributed by atoms with van der Waals surface area (Å²) >= 11 is 0. The Bertz CT molecular complexity index is 1600. The van der Waals surface area contributed by atoms with Gasteiger partial charge in [0.15, 0.2) is 11.9 Å². The van der Waals surface area contributed by atoms with Gasteiger partial charge in [-0.15, -0.1) is 0 Å². The summed E-state index contributed by atoms with van der Waals surface area (Å²) in [5, 5.41) is 12.3. The van der Waals surface area contributed by atoms with E-state index in [1.807, 2.05) is 0 Å². The van der Waals surface area contributed by atoms with Crippen molar-refractivity contribution < 1.29 is 56.7 Å². The lowest BCUT2D eigenvalue weighted by Gasteiger charge is -2.40. The van der Waals surface area contributed by atoms with Crippen molar-refractivity contribution in [2.24, 2.45) is 0 Å². The maximum absolute atomic E-state index is 14.1. The van der Waals surface area contributed by atoms with Crippen molar-refractivity contribution in [3.63, 3.8) is 0 Å². The zero-order valence-corrected chi connectivity index (χ0v) is 25.0. The van der Waals surface area contributed by atoms with Crippen LogP contribution in [0, 0.1) is 11.6 Å². The monoisotopic (exact) mass is 650 g/mol. The summed E-state index contributed by atoms with van der Waals surface area (Å²) in [6.45, 7) is 2.94. The number of morpholine rings is 1. The number of carbonyl (C=O) groups excluding carboxylic acids is 3. The molecule has 5 rings (SSSR count). The highest BCUT2D eigenvalue weighted by Crippen LogP contribution is 2.30. The van der Waals surface area contributed by atoms with E-state index in [9.17, 15) is 37.9 Å². The van der Waals surface area contributed by atoms with Gasteiger partial charge in [-0.1, -0.05) is 13.0 Å². The number of benzene rings is 1. The van der Waals surface area contributed by atoms with Crippen molar-refractivity contribution >= 4 is 23.9 Å². The van der Waals surface area contributed by atoms with E-state index in [2.05, 4.69) is 5.32 Å². The smallest absolute Gasteiger partial charge is 0.477 e. The van der Waals surface area contributed by atoms with E-state index < -0.39 is 71.1 Å². The Morgan fingerprint density at radius 3 is 2.59 bits per heavy atom. The van der Waals surface area contributed by atoms with Gasteiger partial charge in [0.2, 0.25) is 18.0 Å². The number of aliphatic carboxylic acids is 1. The second-order valence-corrected chi connectivity index (χ2v) is 10.8. The van der Waals surface area contributed by atoms with E-state index in [0.717, 1.165) is 18.3 Å². The highest BCUT2D eigenvalue weighted by atomic mass is 19.1. The summed E-state index contributed by atoms with van der Waals surface area (Å²) in [6, 6.07) is 2.45. The molecule has 248 valence electrons. The number of halogens is 2. The van der Waals surface area contributed by atoms with Crippen LogP contribution in [0.3, 0.4) is 0 Å². The predicted octanol–water partition coefficient (Wildman–Crippen LogP) is 1.27. The molecular weight excluding hydrogens is 618 g/mol. The number of hydrogen-bond donors (Lipinski definition) is 2. The zero-order valence-electron chi connectivity index (χ0n) is 25.0. The molecule has 3 aliphatic heterocycles. The van der Waals surface area contributed by atoms with Crippen molar-refractivity contribution in [3.05, 3.63) is 63.1 Å². The third-order valence-corrected chi connectivity index (χ3v) is 8.01. The van der Waals surface area contributed by atoms with E-state index in [-0.39, 0.29) is 69.7 Å². The quantitative estimate of drug-likeness (QED) is 0.279. The molecule has 1 aromatic heterocycles. The minimum atomic E-state index is -2.06. The fourth-order valence-corrected chi connectivity index (χ4v) is 5.61. The van der Waals surface area contributed by atoms with Crippen LogP contribution in [0.15, 0.2) is 29.2 Å². The molecule has 2 fully saturated rings. The Morgan fingerprint density at radius 2 is 1.91 bits per heavy atom. The van der Waals surface area contributed by atoms with Crippen molar-refractivity contribution in [1.29, 1.82) is 0 Å². The fraction of sp³-hybridized carbons (Fsp3) is 0.483. The SMILES string of the molecule is CCC(OC(=O)OCOc1c2n(cc(C(=O)NCc3ccc(F)cc3F)c1=O)C[C@H]1OC[C@H](C)N1C2=O)(C(=O)O)N1CCOCC1. The van der Waals surface area contributed by atoms with Crippen LogP contribution in [0.25, 0.3) is 0 Å². The average Bonchev–Trinajstić information content (AvgIpc) is 3.40. The van der Waals surface area contributed by atoms with Gasteiger partial charge < -0.3 is 43.6 Å². The molecule has 2 aromatic rings. The first-order valence-electron chi connectivity index (χ1n) is 14.5. The van der Waals surface area contributed by atoms with E-state index in [0.29, 0.717) is 6.07 Å². The molecule has 0 radical (unpaired) electrons. The number of carboxylic acid groups (broad SMARTS) is 1. The molecule has 3 atom stereocenters. The lowest BCUT2D eigenvalue weighted by Crippen LogP contribution is -2.60. The standard InChI is InChI=1S/C29H32F2N4O11/c1-3-29(27(39)40,34-6-8-42-9-7-34)46-28(41)45-15-44-24-22-26(38)35-16(2)14-43-21(35)13-33(22)12-19(23(24)36)25(37)32-11-17-4-5-18(30)10-20(17)31/h4-5,10,12,16,21H,3,6-9,11,13-15H2,1-2H3,(H,32,37)(H,39,40)/t16-,21+,29?/m0/s1. The van der Waals surface area contributed by atoms with Crippen molar-refractivity contribution in [1.82, 2.24) is 19.7 Å². The first-order chi connectivity index (χ1) is 22.0. The summed E-state index contributed by atoms with van der Waals surface area (Å²) < 4.78 is 55.4. The minimum Gasteiger partial charge on any atom is -0.477 e. The number of nitrogens with zero attached hydrogens (tertiary/aromatic N) is 3. The molecule has 17 heteroatoms. The van der Waals surface area contributed by atoms with Crippen LogP contribution in [0.2, 0.25) is 0 Å². The number of ether oxygens (including phenoxy) is 5. The van der Waals surface area contributed by atoms with Gasteiger partial charge >= 0.3 is 12.1 Å². The highest BCUT2D eigenvalue weighted by molar-refractivity contribution is 5.99. The van der Waals surface area contributed by atoms with Crippen LogP contribution in [0.5, 0.6) is 5.75 Å². The van der Waals surface area contributed by atoms with Gasteiger partial charge in [-0.05, 0) is 13.0 Å². The maximum atomic E-state index is 14.1. The number of carbonyl (C=O) groups is 4. The number of fused-ring (bicyclic) bond motifs is 2. The largest absolute Gasteiger partial charge is 0.513 e. The maximum Gasteiger partial charge on any atom is 0.513 e. The molecule has 15 nitrogen and oxygen atoms in total. The molecule has 2 saturated heterocycles. The Labute approximate surface area is 260 Å². The van der Waals surface area contributed by atoms with Crippen molar-refractivity contribution in [2.75, 3.05) is 39.7 Å². The average molecular weight is 651 g/mol. The van der Waals surface area contributed by atoms with E-state index in [1.54, 1.807) is 6.92 Å². The Morgan fingerprint density at radius 1 is 1.17 bits per heavy atom. The molecule has 3 aliphatic rings. The lowest BCUT2D eigenvalue weighted by atomic mass is 10.1. The van der Waals surface area contributed by atoms with Crippen LogP contribution >= 0.6 is 0 Å². The Hall–Kier alpha value is -4.61. The first kappa shape index (κ1) is 32.8. The number of carboxylic acids is 1. The molecule has 2 amide bonds. The topological polar surface area (TPSA) is 175 Å². The number of pyridine rings is 1. The second kappa shape index (κ2) is 13.4. The minimum absolute atomic E-state index is 0.0228. The van der Waals surface area contributed by atoms with Crippen molar-refractivity contribution in [2.45, 2.75) is 51.4 Å². The number of rotatable bonds is 10. The predicted molar refractivity (Wildman–Crippen MR) is 150 cm³/mol. The molecule has 0 bridgehead atoms. The molecule has 0 spiro atoms. The highest BCUT2D eigenvalue weighted by Gasteiger charge is 2.48. The summed E-state index contributed by atoms with van der Waals surface area (Å²) in [5.41, 5.74) is -3.87. The number of aromatic nitrogens is 1. The van der Waals surface area contributed by atoms with E-state index >= 15 is 0 Å². The summed E-state index contributed by atoms with van der Waals surface area (Å²) in [7, 11) is 0. The number of nitrogens with one attached hydrogen (secondary N) is 1. The van der Waals surface area contributed by atoms with Crippen LogP contribution < -0.4 is 15.5 Å². The molecule has 1 unspecified atom stereocenters. The first-order valence-corrected chi connectivity index (χ1v) is 14.5. The Kier molecular flexibility index (Phi) is 9.55. The van der Waals surface area contributed by atoms with Gasteiger partial charge in [0.25, 0.3) is 17.5 Å².